The van der Waals surface area contributed by atoms with Gasteiger partial charge in [-0.25, -0.2) is 4.79 Å². The highest BCUT2D eigenvalue weighted by atomic mass is 16.7. The first-order valence-corrected chi connectivity index (χ1v) is 7.22. The zero-order valence-electron chi connectivity index (χ0n) is 14.5. The average molecular weight is 353 g/mol. The van der Waals surface area contributed by atoms with Gasteiger partial charge in [0.05, 0.1) is 41.1 Å². The lowest BCUT2D eigenvalue weighted by Crippen LogP contribution is -2.38. The molecule has 0 unspecified atom stereocenters. The minimum atomic E-state index is -1.26. The van der Waals surface area contributed by atoms with Crippen molar-refractivity contribution in [3.8, 4) is 17.2 Å². The SMILES string of the molecule is COC(=O)[C@@H]1C(c2c(OC)cc(OC)cc2OC)=NO[C@@H]1C(=O)OC. The summed E-state index contributed by atoms with van der Waals surface area (Å²) in [6.45, 7) is 0. The Morgan fingerprint density at radius 1 is 0.920 bits per heavy atom. The summed E-state index contributed by atoms with van der Waals surface area (Å²) in [7, 11) is 6.77. The van der Waals surface area contributed by atoms with Crippen molar-refractivity contribution in [2.45, 2.75) is 6.10 Å². The molecule has 9 heteroatoms. The van der Waals surface area contributed by atoms with Crippen LogP contribution in [0.3, 0.4) is 0 Å². The molecule has 0 saturated carbocycles. The molecule has 0 fully saturated rings. The molecule has 0 saturated heterocycles. The summed E-state index contributed by atoms with van der Waals surface area (Å²) >= 11 is 0. The van der Waals surface area contributed by atoms with E-state index in [9.17, 15) is 9.59 Å². The van der Waals surface area contributed by atoms with Crippen molar-refractivity contribution in [2.24, 2.45) is 11.1 Å². The Hall–Kier alpha value is -2.97. The zero-order chi connectivity index (χ0) is 18.6. The second kappa shape index (κ2) is 7.73. The van der Waals surface area contributed by atoms with Gasteiger partial charge in [0.1, 0.15) is 23.0 Å². The predicted octanol–water partition coefficient (Wildman–Crippen LogP) is 0.777. The van der Waals surface area contributed by atoms with Crippen LogP contribution in [0.4, 0.5) is 0 Å². The molecular formula is C16H19NO8. The van der Waals surface area contributed by atoms with Gasteiger partial charge in [0, 0.05) is 12.1 Å². The van der Waals surface area contributed by atoms with Gasteiger partial charge in [-0.3, -0.25) is 4.79 Å². The molecule has 2 rings (SSSR count). The maximum absolute atomic E-state index is 12.3. The van der Waals surface area contributed by atoms with Gasteiger partial charge in [0.15, 0.2) is 5.92 Å². The largest absolute Gasteiger partial charge is 0.496 e. The van der Waals surface area contributed by atoms with E-state index in [1.165, 1.54) is 35.5 Å². The van der Waals surface area contributed by atoms with Crippen molar-refractivity contribution in [1.29, 1.82) is 0 Å². The molecule has 136 valence electrons. The Morgan fingerprint density at radius 3 is 1.92 bits per heavy atom. The molecule has 0 aromatic heterocycles. The third-order valence-corrected chi connectivity index (χ3v) is 3.72. The number of hydrogen-bond acceptors (Lipinski definition) is 9. The summed E-state index contributed by atoms with van der Waals surface area (Å²) in [5, 5.41) is 3.89. The van der Waals surface area contributed by atoms with Gasteiger partial charge < -0.3 is 28.5 Å². The lowest BCUT2D eigenvalue weighted by atomic mass is 9.91. The van der Waals surface area contributed by atoms with Gasteiger partial charge in [-0.1, -0.05) is 5.16 Å². The van der Waals surface area contributed by atoms with Crippen molar-refractivity contribution in [2.75, 3.05) is 35.5 Å². The van der Waals surface area contributed by atoms with Crippen LogP contribution in [0.1, 0.15) is 5.56 Å². The Balaban J connectivity index is 2.59. The van der Waals surface area contributed by atoms with E-state index in [2.05, 4.69) is 9.89 Å². The normalized spacial score (nSPS) is 18.7. The molecule has 2 atom stereocenters. The number of hydrogen-bond donors (Lipinski definition) is 0. The van der Waals surface area contributed by atoms with E-state index in [1.54, 1.807) is 12.1 Å². The first-order valence-electron chi connectivity index (χ1n) is 7.22. The molecule has 25 heavy (non-hydrogen) atoms. The maximum atomic E-state index is 12.3. The molecule has 0 spiro atoms. The third-order valence-electron chi connectivity index (χ3n) is 3.72. The molecule has 0 bridgehead atoms. The van der Waals surface area contributed by atoms with Gasteiger partial charge in [-0.15, -0.1) is 0 Å². The van der Waals surface area contributed by atoms with E-state index in [4.69, 9.17) is 23.8 Å². The molecule has 0 N–H and O–H groups in total. The first kappa shape index (κ1) is 18.4. The van der Waals surface area contributed by atoms with Gasteiger partial charge in [0.25, 0.3) is 0 Å². The second-order valence-electron chi connectivity index (χ2n) is 4.93. The number of ether oxygens (including phenoxy) is 5. The number of rotatable bonds is 6. The van der Waals surface area contributed by atoms with Gasteiger partial charge >= 0.3 is 11.9 Å². The minimum absolute atomic E-state index is 0.138. The number of benzene rings is 1. The molecule has 0 amide bonds. The van der Waals surface area contributed by atoms with Crippen LogP contribution in [0.25, 0.3) is 0 Å². The number of carbonyl (C=O) groups is 2. The van der Waals surface area contributed by atoms with Crippen molar-refractivity contribution in [1.82, 2.24) is 0 Å². The van der Waals surface area contributed by atoms with Gasteiger partial charge in [-0.2, -0.15) is 0 Å². The van der Waals surface area contributed by atoms with Crippen molar-refractivity contribution >= 4 is 17.7 Å². The predicted molar refractivity (Wildman–Crippen MR) is 85.0 cm³/mol. The molecule has 1 aliphatic heterocycles. The molecular weight excluding hydrogens is 334 g/mol. The summed E-state index contributed by atoms with van der Waals surface area (Å²) in [5.74, 6) is -1.44. The summed E-state index contributed by atoms with van der Waals surface area (Å²) < 4.78 is 25.4. The summed E-state index contributed by atoms with van der Waals surface area (Å²) in [4.78, 5) is 29.3. The lowest BCUT2D eigenvalue weighted by Gasteiger charge is -2.18. The lowest BCUT2D eigenvalue weighted by molar-refractivity contribution is -0.161. The standard InChI is InChI=1S/C16H19NO8/c1-20-8-6-9(21-2)11(10(7-8)22-3)13-12(15(18)23-4)14(25-17-13)16(19)24-5/h6-7,12,14H,1-5H3/t12-,14+/m1/s1. The van der Waals surface area contributed by atoms with Crippen LogP contribution in [0.5, 0.6) is 17.2 Å². The monoisotopic (exact) mass is 353 g/mol. The van der Waals surface area contributed by atoms with E-state index in [-0.39, 0.29) is 5.71 Å². The Labute approximate surface area is 144 Å². The Bertz CT molecular complexity index is 674. The highest BCUT2D eigenvalue weighted by Crippen LogP contribution is 2.39. The summed E-state index contributed by atoms with van der Waals surface area (Å²) in [6.07, 6.45) is -1.26. The maximum Gasteiger partial charge on any atom is 0.351 e. The van der Waals surface area contributed by atoms with E-state index in [0.717, 1.165) is 0 Å². The van der Waals surface area contributed by atoms with Crippen molar-refractivity contribution < 1.29 is 38.1 Å². The highest BCUT2D eigenvalue weighted by molar-refractivity contribution is 6.17. The fourth-order valence-corrected chi connectivity index (χ4v) is 2.49. The molecule has 1 aromatic rings. The van der Waals surface area contributed by atoms with E-state index in [0.29, 0.717) is 22.8 Å². The van der Waals surface area contributed by atoms with E-state index < -0.39 is 24.0 Å². The van der Waals surface area contributed by atoms with Gasteiger partial charge in [-0.05, 0) is 0 Å². The summed E-state index contributed by atoms with van der Waals surface area (Å²) in [5.41, 5.74) is 0.492. The third kappa shape index (κ3) is 3.30. The van der Waals surface area contributed by atoms with Crippen LogP contribution in [-0.2, 0) is 23.9 Å². The molecule has 1 aliphatic rings. The Morgan fingerprint density at radius 2 is 1.48 bits per heavy atom. The van der Waals surface area contributed by atoms with Crippen LogP contribution < -0.4 is 14.2 Å². The summed E-state index contributed by atoms with van der Waals surface area (Å²) in [6, 6.07) is 3.19. The highest BCUT2D eigenvalue weighted by Gasteiger charge is 2.48. The van der Waals surface area contributed by atoms with Crippen LogP contribution >= 0.6 is 0 Å². The Kier molecular flexibility index (Phi) is 5.68. The van der Waals surface area contributed by atoms with E-state index >= 15 is 0 Å². The van der Waals surface area contributed by atoms with Crippen molar-refractivity contribution in [3.05, 3.63) is 17.7 Å². The average Bonchev–Trinajstić information content (AvgIpc) is 3.09. The number of oxime groups is 1. The topological polar surface area (TPSA) is 102 Å². The fourth-order valence-electron chi connectivity index (χ4n) is 2.49. The molecule has 1 heterocycles. The molecule has 0 radical (unpaired) electrons. The van der Waals surface area contributed by atoms with Crippen LogP contribution in [0.2, 0.25) is 0 Å². The number of nitrogens with zero attached hydrogens (tertiary/aromatic N) is 1. The number of methoxy groups -OCH3 is 5. The van der Waals surface area contributed by atoms with Gasteiger partial charge in [0.2, 0.25) is 6.10 Å². The first-order chi connectivity index (χ1) is 12.0. The van der Waals surface area contributed by atoms with Crippen molar-refractivity contribution in [3.63, 3.8) is 0 Å². The molecule has 1 aromatic carbocycles. The number of carbonyl (C=O) groups excluding carboxylic acids is 2. The number of esters is 2. The zero-order valence-corrected chi connectivity index (χ0v) is 14.5. The fraction of sp³-hybridized carbons (Fsp3) is 0.438. The van der Waals surface area contributed by atoms with Crippen LogP contribution in [0, 0.1) is 5.92 Å². The molecule has 9 nitrogen and oxygen atoms in total. The van der Waals surface area contributed by atoms with Crippen LogP contribution in [-0.4, -0.2) is 59.3 Å². The quantitative estimate of drug-likeness (QED) is 0.691. The van der Waals surface area contributed by atoms with Crippen LogP contribution in [0.15, 0.2) is 17.3 Å². The smallest absolute Gasteiger partial charge is 0.351 e. The van der Waals surface area contributed by atoms with E-state index in [1.807, 2.05) is 0 Å². The minimum Gasteiger partial charge on any atom is -0.496 e. The molecule has 0 aliphatic carbocycles. The second-order valence-corrected chi connectivity index (χ2v) is 4.93.